The number of carbonyl (C=O) groups is 1. The molecule has 0 saturated carbocycles. The zero-order valence-electron chi connectivity index (χ0n) is 19.9. The average molecular weight is 492 g/mol. The molecule has 1 N–H and O–H groups in total. The second-order valence-electron chi connectivity index (χ2n) is 8.55. The fourth-order valence-electron chi connectivity index (χ4n) is 4.29. The van der Waals surface area contributed by atoms with Gasteiger partial charge in [0.2, 0.25) is 16.0 Å². The Morgan fingerprint density at radius 3 is 2.63 bits per heavy atom. The van der Waals surface area contributed by atoms with E-state index in [9.17, 15) is 4.79 Å². The number of amides is 1. The zero-order chi connectivity index (χ0) is 24.2. The van der Waals surface area contributed by atoms with Crippen LogP contribution in [0, 0.1) is 5.92 Å². The third kappa shape index (κ3) is 5.24. The number of fused-ring (bicyclic) bond motifs is 1. The van der Waals surface area contributed by atoms with Gasteiger partial charge in [0.25, 0.3) is 0 Å². The smallest absolute Gasteiger partial charge is 0.225 e. The predicted octanol–water partition coefficient (Wildman–Crippen LogP) is 4.40. The molecule has 0 radical (unpaired) electrons. The van der Waals surface area contributed by atoms with Crippen molar-refractivity contribution in [2.45, 2.75) is 26.3 Å². The number of carbonyl (C=O) groups excluding carboxylic acids is 1. The molecule has 2 aromatic heterocycles. The molecule has 35 heavy (non-hydrogen) atoms. The lowest BCUT2D eigenvalue weighted by Crippen LogP contribution is -2.43. The number of hydrogen-bond donors (Lipinski definition) is 1. The molecule has 9 heteroatoms. The van der Waals surface area contributed by atoms with Gasteiger partial charge in [-0.25, -0.2) is 9.50 Å². The van der Waals surface area contributed by atoms with Crippen LogP contribution in [0.2, 0.25) is 0 Å². The van der Waals surface area contributed by atoms with Gasteiger partial charge in [-0.2, -0.15) is 0 Å². The molecular weight excluding hydrogens is 462 g/mol. The van der Waals surface area contributed by atoms with Gasteiger partial charge in [-0.15, -0.1) is 5.10 Å². The summed E-state index contributed by atoms with van der Waals surface area (Å²) < 4.78 is 12.5. The Morgan fingerprint density at radius 2 is 1.91 bits per heavy atom. The maximum atomic E-state index is 12.9. The van der Waals surface area contributed by atoms with E-state index in [4.69, 9.17) is 19.6 Å². The van der Waals surface area contributed by atoms with Crippen molar-refractivity contribution in [3.8, 4) is 22.8 Å². The van der Waals surface area contributed by atoms with Gasteiger partial charge in [0.15, 0.2) is 0 Å². The van der Waals surface area contributed by atoms with Crippen molar-refractivity contribution in [2.75, 3.05) is 31.7 Å². The maximum absolute atomic E-state index is 12.9. The van der Waals surface area contributed by atoms with Crippen LogP contribution in [-0.4, -0.2) is 47.3 Å². The minimum atomic E-state index is -0.0578. The molecule has 0 spiro atoms. The molecule has 1 saturated heterocycles. The number of imidazole rings is 1. The first kappa shape index (κ1) is 23.2. The fraction of sp³-hybridized carbons (Fsp3) is 0.346. The highest BCUT2D eigenvalue weighted by atomic mass is 32.1. The number of benzene rings is 2. The SMILES string of the molecule is CCOc1ccc(CNC(=O)[C@@H]2CCCN(c3nn4cc(-c5ccc(OC)cc5)nc4s3)C2)cc1. The van der Waals surface area contributed by atoms with Gasteiger partial charge in [0, 0.05) is 25.2 Å². The lowest BCUT2D eigenvalue weighted by molar-refractivity contribution is -0.125. The molecular formula is C26H29N5O3S. The molecule has 1 amide bonds. The lowest BCUT2D eigenvalue weighted by atomic mass is 9.97. The number of nitrogens with zero attached hydrogens (tertiary/aromatic N) is 4. The topological polar surface area (TPSA) is 81.0 Å². The molecule has 2 aromatic carbocycles. The van der Waals surface area contributed by atoms with Crippen LogP contribution < -0.4 is 19.7 Å². The minimum absolute atomic E-state index is 0.0578. The van der Waals surface area contributed by atoms with E-state index in [1.165, 1.54) is 0 Å². The van der Waals surface area contributed by atoms with Gasteiger partial charge in [-0.1, -0.05) is 23.5 Å². The molecule has 4 aromatic rings. The van der Waals surface area contributed by atoms with Crippen molar-refractivity contribution in [3.05, 3.63) is 60.3 Å². The number of piperidine rings is 1. The summed E-state index contributed by atoms with van der Waals surface area (Å²) in [5.41, 5.74) is 2.96. The summed E-state index contributed by atoms with van der Waals surface area (Å²) in [6.07, 6.45) is 3.79. The molecule has 3 heterocycles. The van der Waals surface area contributed by atoms with E-state index in [1.807, 2.05) is 66.2 Å². The molecule has 1 fully saturated rings. The third-order valence-corrected chi connectivity index (χ3v) is 7.17. The second kappa shape index (κ2) is 10.4. The predicted molar refractivity (Wildman–Crippen MR) is 137 cm³/mol. The van der Waals surface area contributed by atoms with Crippen LogP contribution >= 0.6 is 11.3 Å². The highest BCUT2D eigenvalue weighted by molar-refractivity contribution is 7.20. The van der Waals surface area contributed by atoms with Gasteiger partial charge >= 0.3 is 0 Å². The number of ether oxygens (including phenoxy) is 2. The molecule has 182 valence electrons. The molecule has 0 unspecified atom stereocenters. The van der Waals surface area contributed by atoms with Crippen LogP contribution in [0.1, 0.15) is 25.3 Å². The van der Waals surface area contributed by atoms with E-state index >= 15 is 0 Å². The first-order chi connectivity index (χ1) is 17.1. The van der Waals surface area contributed by atoms with E-state index < -0.39 is 0 Å². The number of methoxy groups -OCH3 is 1. The van der Waals surface area contributed by atoms with Crippen LogP contribution in [-0.2, 0) is 11.3 Å². The number of hydrogen-bond acceptors (Lipinski definition) is 7. The molecule has 0 aliphatic carbocycles. The molecule has 8 nitrogen and oxygen atoms in total. The summed E-state index contributed by atoms with van der Waals surface area (Å²) in [5.74, 6) is 1.69. The Hall–Kier alpha value is -3.59. The Morgan fingerprint density at radius 1 is 1.14 bits per heavy atom. The zero-order valence-corrected chi connectivity index (χ0v) is 20.8. The van der Waals surface area contributed by atoms with E-state index in [0.29, 0.717) is 19.7 Å². The standard InChI is InChI=1S/C26H29N5O3S/c1-3-34-22-10-6-18(7-11-22)15-27-24(32)20-5-4-14-30(16-20)26-29-31-17-23(28-25(31)35-26)19-8-12-21(33-2)13-9-19/h6-13,17,20H,3-5,14-16H2,1-2H3,(H,27,32)/t20-/m1/s1. The lowest BCUT2D eigenvalue weighted by Gasteiger charge is -2.31. The number of aromatic nitrogens is 3. The highest BCUT2D eigenvalue weighted by Crippen LogP contribution is 2.30. The molecule has 1 aliphatic rings. The van der Waals surface area contributed by atoms with Crippen LogP contribution in [0.5, 0.6) is 11.5 Å². The Labute approximate surface area is 208 Å². The molecule has 0 bridgehead atoms. The van der Waals surface area contributed by atoms with E-state index in [1.54, 1.807) is 18.4 Å². The first-order valence-corrected chi connectivity index (χ1v) is 12.7. The Kier molecular flexibility index (Phi) is 6.85. The summed E-state index contributed by atoms with van der Waals surface area (Å²) in [4.78, 5) is 20.7. The highest BCUT2D eigenvalue weighted by Gasteiger charge is 2.28. The largest absolute Gasteiger partial charge is 0.497 e. The number of anilines is 1. The van der Waals surface area contributed by atoms with Gasteiger partial charge < -0.3 is 19.7 Å². The van der Waals surface area contributed by atoms with Gasteiger partial charge in [0.1, 0.15) is 11.5 Å². The monoisotopic (exact) mass is 491 g/mol. The van der Waals surface area contributed by atoms with E-state index in [-0.39, 0.29) is 11.8 Å². The first-order valence-electron chi connectivity index (χ1n) is 11.9. The Balaban J connectivity index is 1.20. The summed E-state index contributed by atoms with van der Waals surface area (Å²) in [7, 11) is 1.66. The third-order valence-electron chi connectivity index (χ3n) is 6.18. The summed E-state index contributed by atoms with van der Waals surface area (Å²) in [6, 6.07) is 15.7. The van der Waals surface area contributed by atoms with Crippen molar-refractivity contribution in [1.29, 1.82) is 0 Å². The summed E-state index contributed by atoms with van der Waals surface area (Å²) >= 11 is 1.55. The van der Waals surface area contributed by atoms with E-state index in [2.05, 4.69) is 10.2 Å². The second-order valence-corrected chi connectivity index (χ2v) is 9.48. The number of nitrogens with one attached hydrogen (secondary N) is 1. The van der Waals surface area contributed by atoms with Crippen LogP contribution in [0.25, 0.3) is 16.2 Å². The Bertz CT molecular complexity index is 1250. The molecule has 1 aliphatic heterocycles. The van der Waals surface area contributed by atoms with Gasteiger partial charge in [0.05, 0.1) is 31.5 Å². The number of rotatable bonds is 8. The summed E-state index contributed by atoms with van der Waals surface area (Å²) in [5, 5.41) is 8.76. The maximum Gasteiger partial charge on any atom is 0.225 e. The van der Waals surface area contributed by atoms with Crippen molar-refractivity contribution in [3.63, 3.8) is 0 Å². The molecule has 5 rings (SSSR count). The summed E-state index contributed by atoms with van der Waals surface area (Å²) in [6.45, 7) is 4.68. The van der Waals surface area contributed by atoms with Crippen LogP contribution in [0.3, 0.4) is 0 Å². The normalized spacial score (nSPS) is 15.8. The fourth-order valence-corrected chi connectivity index (χ4v) is 5.20. The van der Waals surface area contributed by atoms with Crippen molar-refractivity contribution in [1.82, 2.24) is 19.9 Å². The van der Waals surface area contributed by atoms with E-state index in [0.717, 1.165) is 57.8 Å². The average Bonchev–Trinajstić information content (AvgIpc) is 3.48. The van der Waals surface area contributed by atoms with Gasteiger partial charge in [-0.05, 0) is 61.7 Å². The quantitative estimate of drug-likeness (QED) is 0.394. The van der Waals surface area contributed by atoms with Crippen molar-refractivity contribution < 1.29 is 14.3 Å². The minimum Gasteiger partial charge on any atom is -0.497 e. The van der Waals surface area contributed by atoms with Crippen LogP contribution in [0.15, 0.2) is 54.7 Å². The molecule has 1 atom stereocenters. The van der Waals surface area contributed by atoms with Crippen molar-refractivity contribution >= 4 is 27.3 Å². The van der Waals surface area contributed by atoms with Gasteiger partial charge in [-0.3, -0.25) is 4.79 Å². The van der Waals surface area contributed by atoms with Crippen LogP contribution in [0.4, 0.5) is 5.13 Å². The van der Waals surface area contributed by atoms with Crippen molar-refractivity contribution in [2.24, 2.45) is 5.92 Å².